The van der Waals surface area contributed by atoms with E-state index in [-0.39, 0.29) is 21.8 Å². The van der Waals surface area contributed by atoms with Gasteiger partial charge in [-0.3, -0.25) is 4.79 Å². The maximum Gasteiger partial charge on any atom is 0.226 e. The Morgan fingerprint density at radius 2 is 1.96 bits per heavy atom. The summed E-state index contributed by atoms with van der Waals surface area (Å²) in [6.07, 6.45) is 0.956. The Bertz CT molecular complexity index is 571. The average molecular weight is 337 g/mol. The fourth-order valence-corrected chi connectivity index (χ4v) is 5.24. The van der Waals surface area contributed by atoms with Gasteiger partial charge < -0.3 is 14.4 Å². The van der Waals surface area contributed by atoms with Crippen LogP contribution in [0.2, 0.25) is 0 Å². The highest BCUT2D eigenvalue weighted by Gasteiger charge is 2.53. The lowest BCUT2D eigenvalue weighted by molar-refractivity contribution is -0.148. The molecule has 0 bridgehead atoms. The second-order valence-corrected chi connectivity index (χ2v) is 9.11. The molecule has 23 heavy (non-hydrogen) atoms. The number of thioether (sulfide) groups is 1. The SMILES string of the molecule is COc1cccc(CCC(=O)N2[C@@H](OC)C(C)(C)SC2(C)C)c1. The maximum atomic E-state index is 12.8. The van der Waals surface area contributed by atoms with Crippen LogP contribution in [0.4, 0.5) is 0 Å². The summed E-state index contributed by atoms with van der Waals surface area (Å²) in [5.74, 6) is 0.950. The van der Waals surface area contributed by atoms with Crippen LogP contribution in [0.3, 0.4) is 0 Å². The number of aryl methyl sites for hydroxylation is 1. The van der Waals surface area contributed by atoms with Gasteiger partial charge in [0.2, 0.25) is 5.91 Å². The zero-order valence-electron chi connectivity index (χ0n) is 14.9. The van der Waals surface area contributed by atoms with Crippen molar-refractivity contribution in [1.29, 1.82) is 0 Å². The van der Waals surface area contributed by atoms with Gasteiger partial charge in [-0.05, 0) is 51.8 Å². The zero-order chi connectivity index (χ0) is 17.3. The van der Waals surface area contributed by atoms with E-state index >= 15 is 0 Å². The molecular formula is C18H27NO3S. The Morgan fingerprint density at radius 3 is 2.57 bits per heavy atom. The molecule has 1 aliphatic rings. The maximum absolute atomic E-state index is 12.8. The summed E-state index contributed by atoms with van der Waals surface area (Å²) in [7, 11) is 3.33. The molecule has 1 aromatic rings. The number of hydrogen-bond acceptors (Lipinski definition) is 4. The van der Waals surface area contributed by atoms with E-state index in [4.69, 9.17) is 9.47 Å². The monoisotopic (exact) mass is 337 g/mol. The summed E-state index contributed by atoms with van der Waals surface area (Å²) < 4.78 is 10.8. The summed E-state index contributed by atoms with van der Waals surface area (Å²) in [4.78, 5) is 14.5. The van der Waals surface area contributed by atoms with E-state index in [1.807, 2.05) is 29.2 Å². The van der Waals surface area contributed by atoms with Crippen LogP contribution in [-0.4, -0.2) is 40.9 Å². The lowest BCUT2D eigenvalue weighted by atomic mass is 10.1. The van der Waals surface area contributed by atoms with Crippen LogP contribution in [0.15, 0.2) is 24.3 Å². The van der Waals surface area contributed by atoms with Gasteiger partial charge in [0, 0.05) is 13.5 Å². The third-order valence-electron chi connectivity index (χ3n) is 4.18. The quantitative estimate of drug-likeness (QED) is 0.821. The topological polar surface area (TPSA) is 38.8 Å². The molecule has 0 N–H and O–H groups in total. The fourth-order valence-electron chi connectivity index (χ4n) is 3.36. The van der Waals surface area contributed by atoms with Gasteiger partial charge in [-0.25, -0.2) is 0 Å². The molecule has 1 atom stereocenters. The predicted molar refractivity (Wildman–Crippen MR) is 94.7 cm³/mol. The van der Waals surface area contributed by atoms with Gasteiger partial charge in [0.05, 0.1) is 16.7 Å². The number of hydrogen-bond donors (Lipinski definition) is 0. The second kappa shape index (κ2) is 6.73. The molecule has 0 saturated carbocycles. The van der Waals surface area contributed by atoms with Crippen molar-refractivity contribution < 1.29 is 14.3 Å². The van der Waals surface area contributed by atoms with Gasteiger partial charge in [-0.2, -0.15) is 0 Å². The van der Waals surface area contributed by atoms with Crippen molar-refractivity contribution in [3.63, 3.8) is 0 Å². The van der Waals surface area contributed by atoms with E-state index in [1.54, 1.807) is 26.0 Å². The fraction of sp³-hybridized carbons (Fsp3) is 0.611. The van der Waals surface area contributed by atoms with Crippen LogP contribution in [0.5, 0.6) is 5.75 Å². The van der Waals surface area contributed by atoms with Gasteiger partial charge in [-0.15, -0.1) is 11.8 Å². The van der Waals surface area contributed by atoms with Crippen LogP contribution in [0, 0.1) is 0 Å². The molecule has 128 valence electrons. The third-order valence-corrected chi connectivity index (χ3v) is 5.60. The van der Waals surface area contributed by atoms with Crippen LogP contribution in [0.25, 0.3) is 0 Å². The van der Waals surface area contributed by atoms with Crippen LogP contribution < -0.4 is 4.74 Å². The summed E-state index contributed by atoms with van der Waals surface area (Å²) >= 11 is 1.78. The molecule has 1 fully saturated rings. The second-order valence-electron chi connectivity index (χ2n) is 6.86. The van der Waals surface area contributed by atoms with Crippen molar-refractivity contribution in [2.45, 2.75) is 56.4 Å². The molecule has 1 aliphatic heterocycles. The summed E-state index contributed by atoms with van der Waals surface area (Å²) in [5, 5.41) is 0. The Hall–Kier alpha value is -1.20. The van der Waals surface area contributed by atoms with Crippen molar-refractivity contribution in [2.75, 3.05) is 14.2 Å². The number of amides is 1. The molecule has 2 rings (SSSR count). The van der Waals surface area contributed by atoms with Gasteiger partial charge >= 0.3 is 0 Å². The average Bonchev–Trinajstić information content (AvgIpc) is 2.68. The number of benzene rings is 1. The molecule has 1 saturated heterocycles. The molecule has 0 spiro atoms. The minimum absolute atomic E-state index is 0.121. The van der Waals surface area contributed by atoms with Crippen LogP contribution in [-0.2, 0) is 16.0 Å². The lowest BCUT2D eigenvalue weighted by Crippen LogP contribution is -2.50. The first-order chi connectivity index (χ1) is 10.7. The van der Waals surface area contributed by atoms with E-state index in [1.165, 1.54) is 0 Å². The number of carbonyl (C=O) groups excluding carboxylic acids is 1. The number of carbonyl (C=O) groups is 1. The summed E-state index contributed by atoms with van der Waals surface area (Å²) in [6.45, 7) is 8.43. The molecule has 0 radical (unpaired) electrons. The van der Waals surface area contributed by atoms with Crippen molar-refractivity contribution in [1.82, 2.24) is 4.90 Å². The van der Waals surface area contributed by atoms with Crippen molar-refractivity contribution >= 4 is 17.7 Å². The first kappa shape index (κ1) is 18.1. The number of methoxy groups -OCH3 is 2. The highest BCUT2D eigenvalue weighted by atomic mass is 32.2. The minimum atomic E-state index is -0.268. The van der Waals surface area contributed by atoms with Crippen LogP contribution >= 0.6 is 11.8 Å². The number of nitrogens with zero attached hydrogens (tertiary/aromatic N) is 1. The predicted octanol–water partition coefficient (Wildman–Crippen LogP) is 3.69. The van der Waals surface area contributed by atoms with E-state index < -0.39 is 0 Å². The molecule has 0 aromatic heterocycles. The van der Waals surface area contributed by atoms with Gasteiger partial charge in [0.25, 0.3) is 0 Å². The van der Waals surface area contributed by atoms with E-state index in [9.17, 15) is 4.79 Å². The van der Waals surface area contributed by atoms with E-state index in [2.05, 4.69) is 27.7 Å². The lowest BCUT2D eigenvalue weighted by Gasteiger charge is -2.35. The zero-order valence-corrected chi connectivity index (χ0v) is 15.7. The molecular weight excluding hydrogens is 310 g/mol. The molecule has 0 aliphatic carbocycles. The van der Waals surface area contributed by atoms with Crippen molar-refractivity contribution in [3.05, 3.63) is 29.8 Å². The molecule has 1 heterocycles. The first-order valence-corrected chi connectivity index (χ1v) is 8.71. The van der Waals surface area contributed by atoms with Crippen molar-refractivity contribution in [3.8, 4) is 5.75 Å². The first-order valence-electron chi connectivity index (χ1n) is 7.89. The van der Waals surface area contributed by atoms with Crippen LogP contribution in [0.1, 0.15) is 39.7 Å². The number of rotatable bonds is 5. The highest BCUT2D eigenvalue weighted by molar-refractivity contribution is 8.02. The normalized spacial score (nSPS) is 22.2. The summed E-state index contributed by atoms with van der Waals surface area (Å²) in [5.41, 5.74) is 1.11. The Kier molecular flexibility index (Phi) is 5.31. The number of ether oxygens (including phenoxy) is 2. The Morgan fingerprint density at radius 1 is 1.26 bits per heavy atom. The smallest absolute Gasteiger partial charge is 0.226 e. The third kappa shape index (κ3) is 3.83. The molecule has 4 nitrogen and oxygen atoms in total. The van der Waals surface area contributed by atoms with Crippen molar-refractivity contribution in [2.24, 2.45) is 0 Å². The van der Waals surface area contributed by atoms with E-state index in [0.29, 0.717) is 12.8 Å². The van der Waals surface area contributed by atoms with Gasteiger partial charge in [0.1, 0.15) is 12.0 Å². The highest BCUT2D eigenvalue weighted by Crippen LogP contribution is 2.51. The molecule has 5 heteroatoms. The molecule has 1 aromatic carbocycles. The van der Waals surface area contributed by atoms with Gasteiger partial charge in [-0.1, -0.05) is 12.1 Å². The van der Waals surface area contributed by atoms with E-state index in [0.717, 1.165) is 11.3 Å². The van der Waals surface area contributed by atoms with Gasteiger partial charge in [0.15, 0.2) is 0 Å². The minimum Gasteiger partial charge on any atom is -0.497 e. The summed E-state index contributed by atoms with van der Waals surface area (Å²) in [6, 6.07) is 7.87. The Balaban J connectivity index is 2.09. The standard InChI is InChI=1S/C18H27NO3S/c1-17(2)16(22-6)19(18(3,4)23-17)15(20)11-10-13-8-7-9-14(12-13)21-5/h7-9,12,16H,10-11H2,1-6H3/t16-/m0/s1. The Labute approximate surface area is 143 Å². The molecule has 0 unspecified atom stereocenters. The largest absolute Gasteiger partial charge is 0.497 e. The molecule has 1 amide bonds.